The number of para-hydroxylation sites is 2. The first-order chi connectivity index (χ1) is 16.6. The molecule has 0 unspecified atom stereocenters. The van der Waals surface area contributed by atoms with Crippen LogP contribution in [0.4, 0.5) is 5.69 Å². The number of rotatable bonds is 5. The molecule has 1 N–H and O–H groups in total. The van der Waals surface area contributed by atoms with Crippen LogP contribution in [-0.2, 0) is 0 Å². The number of amides is 1. The summed E-state index contributed by atoms with van der Waals surface area (Å²) in [5, 5.41) is 4.62. The van der Waals surface area contributed by atoms with Crippen LogP contribution in [0.25, 0.3) is 22.2 Å². The molecule has 34 heavy (non-hydrogen) atoms. The van der Waals surface area contributed by atoms with Crippen LogP contribution in [0.1, 0.15) is 10.4 Å². The Morgan fingerprint density at radius 1 is 0.735 bits per heavy atom. The molecule has 0 radical (unpaired) electrons. The fourth-order valence-corrected chi connectivity index (χ4v) is 3.89. The van der Waals surface area contributed by atoms with Crippen molar-refractivity contribution in [1.82, 2.24) is 4.98 Å². The Kier molecular flexibility index (Phi) is 6.17. The number of nitrogens with one attached hydrogen (secondary N) is 1. The number of carbonyl (C=O) groups is 1. The summed E-state index contributed by atoms with van der Waals surface area (Å²) in [6.45, 7) is 0. The summed E-state index contributed by atoms with van der Waals surface area (Å²) >= 11 is 12.3. The lowest BCUT2D eigenvalue weighted by molar-refractivity contribution is 0.102. The summed E-state index contributed by atoms with van der Waals surface area (Å²) in [6, 6.07) is 31.4. The monoisotopic (exact) mass is 484 g/mol. The van der Waals surface area contributed by atoms with Gasteiger partial charge in [0, 0.05) is 16.6 Å². The van der Waals surface area contributed by atoms with Gasteiger partial charge in [-0.05, 0) is 60.7 Å². The zero-order chi connectivity index (χ0) is 23.5. The summed E-state index contributed by atoms with van der Waals surface area (Å²) in [6.07, 6.45) is 0. The molecule has 4 aromatic carbocycles. The van der Waals surface area contributed by atoms with Crippen molar-refractivity contribution in [3.8, 4) is 22.8 Å². The van der Waals surface area contributed by atoms with Gasteiger partial charge in [0.15, 0.2) is 0 Å². The molecule has 166 valence electrons. The van der Waals surface area contributed by atoms with Crippen molar-refractivity contribution in [2.45, 2.75) is 0 Å². The van der Waals surface area contributed by atoms with Crippen LogP contribution >= 0.6 is 23.2 Å². The Morgan fingerprint density at radius 2 is 1.44 bits per heavy atom. The first-order valence-corrected chi connectivity index (χ1v) is 11.3. The van der Waals surface area contributed by atoms with E-state index in [1.54, 1.807) is 30.3 Å². The van der Waals surface area contributed by atoms with Crippen molar-refractivity contribution in [2.24, 2.45) is 0 Å². The number of hydrogen-bond acceptors (Lipinski definition) is 3. The molecule has 0 saturated heterocycles. The van der Waals surface area contributed by atoms with Gasteiger partial charge in [0.25, 0.3) is 5.91 Å². The SMILES string of the molecule is O=C(Nc1ccc(Oc2ccccc2)cc1)c1cc(-c2ccc(Cl)c(Cl)c2)nc2ccccc12. The van der Waals surface area contributed by atoms with E-state index in [2.05, 4.69) is 5.32 Å². The zero-order valence-corrected chi connectivity index (χ0v) is 19.3. The molecule has 1 amide bonds. The number of anilines is 1. The molecular weight excluding hydrogens is 467 g/mol. The van der Waals surface area contributed by atoms with Gasteiger partial charge in [0.05, 0.1) is 26.8 Å². The number of pyridine rings is 1. The first-order valence-electron chi connectivity index (χ1n) is 10.6. The second-order valence-corrected chi connectivity index (χ2v) is 8.41. The van der Waals surface area contributed by atoms with Crippen LogP contribution in [0.2, 0.25) is 10.0 Å². The topological polar surface area (TPSA) is 51.2 Å². The molecule has 0 atom stereocenters. The third kappa shape index (κ3) is 4.74. The predicted octanol–water partition coefficient (Wildman–Crippen LogP) is 8.25. The Hall–Kier alpha value is -3.86. The molecule has 0 fully saturated rings. The van der Waals surface area contributed by atoms with Crippen LogP contribution in [0, 0.1) is 0 Å². The number of nitrogens with zero attached hydrogens (tertiary/aromatic N) is 1. The summed E-state index contributed by atoms with van der Waals surface area (Å²) < 4.78 is 5.82. The van der Waals surface area contributed by atoms with Gasteiger partial charge in [0.1, 0.15) is 11.5 Å². The number of carbonyl (C=O) groups excluding carboxylic acids is 1. The molecule has 0 aliphatic rings. The van der Waals surface area contributed by atoms with Gasteiger partial charge in [-0.2, -0.15) is 0 Å². The van der Waals surface area contributed by atoms with Crippen molar-refractivity contribution in [3.05, 3.63) is 119 Å². The molecule has 1 heterocycles. The molecule has 5 rings (SSSR count). The lowest BCUT2D eigenvalue weighted by Gasteiger charge is -2.12. The molecule has 5 aromatic rings. The summed E-state index contributed by atoms with van der Waals surface area (Å²) in [4.78, 5) is 18.0. The summed E-state index contributed by atoms with van der Waals surface area (Å²) in [5.41, 5.74) is 3.28. The lowest BCUT2D eigenvalue weighted by Crippen LogP contribution is -2.13. The minimum atomic E-state index is -0.239. The number of benzene rings is 4. The van der Waals surface area contributed by atoms with Crippen LogP contribution in [0.15, 0.2) is 103 Å². The average molecular weight is 485 g/mol. The van der Waals surface area contributed by atoms with Crippen molar-refractivity contribution < 1.29 is 9.53 Å². The summed E-state index contributed by atoms with van der Waals surface area (Å²) in [5.74, 6) is 1.19. The molecule has 4 nitrogen and oxygen atoms in total. The third-order valence-electron chi connectivity index (χ3n) is 5.27. The second kappa shape index (κ2) is 9.56. The third-order valence-corrected chi connectivity index (χ3v) is 6.01. The highest BCUT2D eigenvalue weighted by Gasteiger charge is 2.15. The van der Waals surface area contributed by atoms with Crippen LogP contribution in [-0.4, -0.2) is 10.9 Å². The Balaban J connectivity index is 1.44. The van der Waals surface area contributed by atoms with Crippen LogP contribution < -0.4 is 10.1 Å². The molecule has 6 heteroatoms. The lowest BCUT2D eigenvalue weighted by atomic mass is 10.0. The van der Waals surface area contributed by atoms with E-state index in [4.69, 9.17) is 32.9 Å². The van der Waals surface area contributed by atoms with E-state index in [0.29, 0.717) is 38.3 Å². The molecule has 0 aliphatic carbocycles. The van der Waals surface area contributed by atoms with Gasteiger partial charge in [-0.1, -0.05) is 65.7 Å². The Morgan fingerprint density at radius 3 is 2.21 bits per heavy atom. The van der Waals surface area contributed by atoms with Gasteiger partial charge in [-0.15, -0.1) is 0 Å². The van der Waals surface area contributed by atoms with Crippen molar-refractivity contribution in [1.29, 1.82) is 0 Å². The number of halogens is 2. The predicted molar refractivity (Wildman–Crippen MR) is 138 cm³/mol. The highest BCUT2D eigenvalue weighted by molar-refractivity contribution is 6.42. The van der Waals surface area contributed by atoms with E-state index < -0.39 is 0 Å². The zero-order valence-electron chi connectivity index (χ0n) is 17.8. The minimum Gasteiger partial charge on any atom is -0.457 e. The second-order valence-electron chi connectivity index (χ2n) is 7.59. The van der Waals surface area contributed by atoms with Gasteiger partial charge >= 0.3 is 0 Å². The molecular formula is C28H18Cl2N2O2. The maximum atomic E-state index is 13.3. The fraction of sp³-hybridized carbons (Fsp3) is 0. The standard InChI is InChI=1S/C28H18Cl2N2O2/c29-24-15-10-18(16-25(24)30)27-17-23(22-8-4-5-9-26(22)32-27)28(33)31-19-11-13-21(14-12-19)34-20-6-2-1-3-7-20/h1-17H,(H,31,33). The highest BCUT2D eigenvalue weighted by atomic mass is 35.5. The summed E-state index contributed by atoms with van der Waals surface area (Å²) in [7, 11) is 0. The molecule has 0 bridgehead atoms. The van der Waals surface area contributed by atoms with E-state index in [9.17, 15) is 4.79 Å². The van der Waals surface area contributed by atoms with Gasteiger partial charge < -0.3 is 10.1 Å². The smallest absolute Gasteiger partial charge is 0.256 e. The van der Waals surface area contributed by atoms with E-state index in [-0.39, 0.29) is 5.91 Å². The largest absolute Gasteiger partial charge is 0.457 e. The maximum Gasteiger partial charge on any atom is 0.256 e. The Bertz CT molecular complexity index is 1490. The number of hydrogen-bond donors (Lipinski definition) is 1. The van der Waals surface area contributed by atoms with Gasteiger partial charge in [-0.3, -0.25) is 4.79 Å². The number of fused-ring (bicyclic) bond motifs is 1. The van der Waals surface area contributed by atoms with E-state index >= 15 is 0 Å². The highest BCUT2D eigenvalue weighted by Crippen LogP contribution is 2.30. The van der Waals surface area contributed by atoms with Crippen molar-refractivity contribution >= 4 is 45.7 Å². The molecule has 0 saturated carbocycles. The van der Waals surface area contributed by atoms with Crippen LogP contribution in [0.5, 0.6) is 11.5 Å². The number of aromatic nitrogens is 1. The van der Waals surface area contributed by atoms with E-state index in [1.807, 2.05) is 72.8 Å². The molecule has 0 aliphatic heterocycles. The van der Waals surface area contributed by atoms with Gasteiger partial charge in [0.2, 0.25) is 0 Å². The maximum absolute atomic E-state index is 13.3. The van der Waals surface area contributed by atoms with E-state index in [0.717, 1.165) is 16.7 Å². The quantitative estimate of drug-likeness (QED) is 0.273. The average Bonchev–Trinajstić information content (AvgIpc) is 2.87. The van der Waals surface area contributed by atoms with E-state index in [1.165, 1.54) is 0 Å². The Labute approximate surface area is 206 Å². The fourth-order valence-electron chi connectivity index (χ4n) is 3.60. The van der Waals surface area contributed by atoms with Gasteiger partial charge in [-0.25, -0.2) is 4.98 Å². The number of ether oxygens (including phenoxy) is 1. The minimum absolute atomic E-state index is 0.239. The molecule has 0 spiro atoms. The normalized spacial score (nSPS) is 10.8. The van der Waals surface area contributed by atoms with Crippen molar-refractivity contribution in [2.75, 3.05) is 5.32 Å². The molecule has 1 aromatic heterocycles. The van der Waals surface area contributed by atoms with Crippen molar-refractivity contribution in [3.63, 3.8) is 0 Å². The van der Waals surface area contributed by atoms with Crippen LogP contribution in [0.3, 0.4) is 0 Å². The first kappa shape index (κ1) is 22.0.